The molecule has 27 heavy (non-hydrogen) atoms. The van der Waals surface area contributed by atoms with E-state index in [1.807, 2.05) is 42.6 Å². The number of hydrogen-bond donors (Lipinski definition) is 1. The van der Waals surface area contributed by atoms with Crippen LogP contribution in [0.3, 0.4) is 0 Å². The lowest BCUT2D eigenvalue weighted by molar-refractivity contribution is 0.940. The number of fused-ring (bicyclic) bond motifs is 3. The van der Waals surface area contributed by atoms with Gasteiger partial charge in [0, 0.05) is 23.7 Å². The van der Waals surface area contributed by atoms with Crippen molar-refractivity contribution in [1.82, 2.24) is 19.5 Å². The molecule has 5 rings (SSSR count). The Labute approximate surface area is 162 Å². The maximum absolute atomic E-state index is 4.69. The summed E-state index contributed by atoms with van der Waals surface area (Å²) in [7, 11) is 0. The van der Waals surface area contributed by atoms with Crippen LogP contribution in [-0.2, 0) is 6.42 Å². The molecule has 0 amide bonds. The molecule has 0 bridgehead atoms. The van der Waals surface area contributed by atoms with Crippen molar-refractivity contribution < 1.29 is 0 Å². The molecule has 2 aliphatic heterocycles. The number of pyridine rings is 2. The topological polar surface area (TPSA) is 43.6 Å². The molecule has 3 aromatic rings. The molecule has 4 nitrogen and oxygen atoms in total. The number of benzene rings is 2. The second-order valence-corrected chi connectivity index (χ2v) is 6.78. The smallest absolute Gasteiger partial charge is 0.185 e. The summed E-state index contributed by atoms with van der Waals surface area (Å²) >= 11 is 4.41. The standard InChI is InChI=1S/C22H16N4S/c27-22-24-19-17-12-7-13-23-21(17)26(16-10-5-2-6-11-16)18(20(19)25-22)14-15-8-3-1-4-9-15/h1-13H,14H2,(H,25,27). The number of nitrogens with zero attached hydrogens (tertiary/aromatic N) is 4. The third kappa shape index (κ3) is 2.76. The predicted molar refractivity (Wildman–Crippen MR) is 110 cm³/mol. The minimum Gasteiger partial charge on any atom is -0.296 e. The van der Waals surface area contributed by atoms with E-state index in [1.165, 1.54) is 5.56 Å². The first-order chi connectivity index (χ1) is 13.3. The Hall–Kier alpha value is -3.18. The van der Waals surface area contributed by atoms with Crippen LogP contribution in [0.5, 0.6) is 0 Å². The first-order valence-corrected chi connectivity index (χ1v) is 9.20. The lowest BCUT2D eigenvalue weighted by Crippen LogP contribution is -2.11. The Morgan fingerprint density at radius 1 is 0.778 bits per heavy atom. The van der Waals surface area contributed by atoms with E-state index in [9.17, 15) is 0 Å². The van der Waals surface area contributed by atoms with Crippen molar-refractivity contribution in [2.45, 2.75) is 11.6 Å². The molecule has 0 saturated heterocycles. The van der Waals surface area contributed by atoms with E-state index in [0.717, 1.165) is 40.2 Å². The lowest BCUT2D eigenvalue weighted by Gasteiger charge is -2.20. The Balaban J connectivity index is 1.90. The molecule has 0 atom stereocenters. The highest BCUT2D eigenvalue weighted by atomic mass is 32.1. The number of aromatic nitrogens is 4. The number of hydrogen-bond acceptors (Lipinski definition) is 4. The molecule has 0 fully saturated rings. The molecule has 0 radical (unpaired) electrons. The van der Waals surface area contributed by atoms with Crippen LogP contribution in [0.25, 0.3) is 28.1 Å². The van der Waals surface area contributed by atoms with Crippen LogP contribution >= 0.6 is 12.6 Å². The van der Waals surface area contributed by atoms with E-state index >= 15 is 0 Å². The largest absolute Gasteiger partial charge is 0.296 e. The molecule has 5 heteroatoms. The van der Waals surface area contributed by atoms with E-state index in [1.54, 1.807) is 0 Å². The van der Waals surface area contributed by atoms with Crippen LogP contribution in [0, 0.1) is 0 Å². The van der Waals surface area contributed by atoms with Gasteiger partial charge in [0.05, 0.1) is 5.69 Å². The van der Waals surface area contributed by atoms with Crippen LogP contribution in [0.1, 0.15) is 11.3 Å². The minimum absolute atomic E-state index is 0.482. The van der Waals surface area contributed by atoms with Crippen molar-refractivity contribution in [3.05, 3.63) is 90.3 Å². The molecule has 2 aromatic carbocycles. The van der Waals surface area contributed by atoms with E-state index in [2.05, 4.69) is 68.5 Å². The molecule has 0 saturated carbocycles. The molecule has 2 aliphatic rings. The van der Waals surface area contributed by atoms with Gasteiger partial charge >= 0.3 is 0 Å². The zero-order valence-electron chi connectivity index (χ0n) is 14.4. The zero-order chi connectivity index (χ0) is 18.2. The molecular formula is C22H16N4S. The Morgan fingerprint density at radius 2 is 1.48 bits per heavy atom. The van der Waals surface area contributed by atoms with Crippen LogP contribution in [-0.4, -0.2) is 19.5 Å². The lowest BCUT2D eigenvalue weighted by atomic mass is 10.0. The van der Waals surface area contributed by atoms with Gasteiger partial charge < -0.3 is 0 Å². The third-order valence-electron chi connectivity index (χ3n) is 4.67. The summed E-state index contributed by atoms with van der Waals surface area (Å²) in [5.41, 5.74) is 5.91. The number of rotatable bonds is 3. The van der Waals surface area contributed by atoms with Crippen molar-refractivity contribution in [3.8, 4) is 17.1 Å². The number of thiol groups is 1. The minimum atomic E-state index is 0.482. The Bertz CT molecular complexity index is 1200. The monoisotopic (exact) mass is 368 g/mol. The summed E-state index contributed by atoms with van der Waals surface area (Å²) in [6.07, 6.45) is 2.54. The van der Waals surface area contributed by atoms with Crippen molar-refractivity contribution >= 4 is 23.7 Å². The van der Waals surface area contributed by atoms with Crippen molar-refractivity contribution in [1.29, 1.82) is 0 Å². The van der Waals surface area contributed by atoms with Gasteiger partial charge in [-0.15, -0.1) is 12.6 Å². The molecule has 130 valence electrons. The molecule has 0 spiro atoms. The van der Waals surface area contributed by atoms with Crippen molar-refractivity contribution in [3.63, 3.8) is 0 Å². The number of imidazole rings is 1. The van der Waals surface area contributed by atoms with Gasteiger partial charge in [-0.25, -0.2) is 15.0 Å². The third-order valence-corrected chi connectivity index (χ3v) is 4.87. The molecule has 1 aromatic heterocycles. The maximum Gasteiger partial charge on any atom is 0.185 e. The summed E-state index contributed by atoms with van der Waals surface area (Å²) in [6.45, 7) is 0. The average Bonchev–Trinajstić information content (AvgIpc) is 3.11. The highest BCUT2D eigenvalue weighted by molar-refractivity contribution is 7.80. The van der Waals surface area contributed by atoms with E-state index in [-0.39, 0.29) is 0 Å². The fourth-order valence-corrected chi connectivity index (χ4v) is 3.72. The van der Waals surface area contributed by atoms with Gasteiger partial charge in [0.25, 0.3) is 0 Å². The van der Waals surface area contributed by atoms with Crippen LogP contribution in [0.4, 0.5) is 0 Å². The van der Waals surface area contributed by atoms with Crippen LogP contribution < -0.4 is 0 Å². The van der Waals surface area contributed by atoms with E-state index < -0.39 is 0 Å². The second kappa shape index (κ2) is 6.52. The average molecular weight is 368 g/mol. The van der Waals surface area contributed by atoms with Gasteiger partial charge in [0.2, 0.25) is 0 Å². The summed E-state index contributed by atoms with van der Waals surface area (Å²) < 4.78 is 2.19. The maximum atomic E-state index is 4.69. The van der Waals surface area contributed by atoms with Crippen LogP contribution in [0.15, 0.2) is 84.1 Å². The van der Waals surface area contributed by atoms with E-state index in [4.69, 9.17) is 0 Å². The summed E-state index contributed by atoms with van der Waals surface area (Å²) in [6, 6.07) is 24.6. The van der Waals surface area contributed by atoms with Crippen molar-refractivity contribution in [2.24, 2.45) is 0 Å². The van der Waals surface area contributed by atoms with Gasteiger partial charge in [0.1, 0.15) is 17.0 Å². The SMILES string of the molecule is Sc1nc2c(Cc3ccccc3)n(-c3ccccc3)c3ncccc3c-2n1. The Kier molecular flexibility index (Phi) is 3.87. The van der Waals surface area contributed by atoms with Gasteiger partial charge in [0.15, 0.2) is 5.16 Å². The summed E-state index contributed by atoms with van der Waals surface area (Å²) in [5.74, 6) is 0. The highest BCUT2D eigenvalue weighted by Gasteiger charge is 2.23. The van der Waals surface area contributed by atoms with Crippen LogP contribution in [0.2, 0.25) is 0 Å². The van der Waals surface area contributed by atoms with Gasteiger partial charge in [-0.05, 0) is 29.8 Å². The fraction of sp³-hybridized carbons (Fsp3) is 0.0455. The molecular weight excluding hydrogens is 352 g/mol. The normalized spacial score (nSPS) is 11.3. The van der Waals surface area contributed by atoms with Gasteiger partial charge in [-0.2, -0.15) is 0 Å². The molecule has 0 N–H and O–H groups in total. The molecule has 0 aliphatic carbocycles. The second-order valence-electron chi connectivity index (χ2n) is 6.38. The molecule has 0 unspecified atom stereocenters. The highest BCUT2D eigenvalue weighted by Crippen LogP contribution is 2.35. The quantitative estimate of drug-likeness (QED) is 0.465. The van der Waals surface area contributed by atoms with E-state index in [0.29, 0.717) is 5.16 Å². The number of para-hydroxylation sites is 1. The predicted octanol–water partition coefficient (Wildman–Crippen LogP) is 4.80. The first kappa shape index (κ1) is 16.0. The van der Waals surface area contributed by atoms with Crippen molar-refractivity contribution in [2.75, 3.05) is 0 Å². The zero-order valence-corrected chi connectivity index (χ0v) is 15.3. The summed E-state index contributed by atoms with van der Waals surface area (Å²) in [5, 5.41) is 1.45. The first-order valence-electron chi connectivity index (χ1n) is 8.75. The van der Waals surface area contributed by atoms with Gasteiger partial charge in [-0.1, -0.05) is 48.5 Å². The molecule has 3 heterocycles. The van der Waals surface area contributed by atoms with Gasteiger partial charge in [-0.3, -0.25) is 4.57 Å². The Morgan fingerprint density at radius 3 is 2.26 bits per heavy atom. The summed E-state index contributed by atoms with van der Waals surface area (Å²) in [4.78, 5) is 13.9. The fourth-order valence-electron chi connectivity index (χ4n) is 3.52.